The number of para-hydroxylation sites is 1. The Morgan fingerprint density at radius 2 is 2.07 bits per heavy atom. The topological polar surface area (TPSA) is 26.3 Å². The van der Waals surface area contributed by atoms with E-state index in [1.165, 1.54) is 0 Å². The molecule has 15 heavy (non-hydrogen) atoms. The molecule has 1 rings (SSSR count). The Morgan fingerprint density at radius 3 is 2.67 bits per heavy atom. The number of carbonyl (C=O) groups excluding carboxylic acids is 1. The van der Waals surface area contributed by atoms with Gasteiger partial charge in [0, 0.05) is 0 Å². The van der Waals surface area contributed by atoms with Crippen LogP contribution in [0.15, 0.2) is 24.3 Å². The van der Waals surface area contributed by atoms with Gasteiger partial charge in [-0.2, -0.15) is 0 Å². The summed E-state index contributed by atoms with van der Waals surface area (Å²) in [5, 5.41) is 0.300. The zero-order chi connectivity index (χ0) is 11.3. The van der Waals surface area contributed by atoms with Gasteiger partial charge in [0.2, 0.25) is 0 Å². The molecule has 0 aliphatic carbocycles. The molecule has 1 aromatic carbocycles. The maximum Gasteiger partial charge on any atom is 0.136 e. The van der Waals surface area contributed by atoms with Gasteiger partial charge in [0.05, 0.1) is 11.7 Å². The van der Waals surface area contributed by atoms with Crippen molar-refractivity contribution in [3.05, 3.63) is 29.8 Å². The molecule has 0 aliphatic heterocycles. The molecular formula is C12H18O2Si. The first-order valence-corrected chi connectivity index (χ1v) is 7.14. The van der Waals surface area contributed by atoms with E-state index in [0.717, 1.165) is 17.4 Å². The van der Waals surface area contributed by atoms with Gasteiger partial charge < -0.3 is 9.53 Å². The van der Waals surface area contributed by atoms with Crippen molar-refractivity contribution in [1.82, 2.24) is 0 Å². The van der Waals surface area contributed by atoms with E-state index in [0.29, 0.717) is 5.41 Å². The van der Waals surface area contributed by atoms with Gasteiger partial charge >= 0.3 is 0 Å². The lowest BCUT2D eigenvalue weighted by atomic mass is 10.2. The average molecular weight is 222 g/mol. The van der Waals surface area contributed by atoms with Crippen LogP contribution in [0.4, 0.5) is 0 Å². The van der Waals surface area contributed by atoms with Gasteiger partial charge in [0.1, 0.15) is 20.7 Å². The van der Waals surface area contributed by atoms with Crippen LogP contribution in [0.3, 0.4) is 0 Å². The van der Waals surface area contributed by atoms with E-state index in [-0.39, 0.29) is 6.10 Å². The molecule has 0 aromatic heterocycles. The van der Waals surface area contributed by atoms with E-state index >= 15 is 0 Å². The zero-order valence-electron chi connectivity index (χ0n) is 9.62. The molecule has 0 saturated heterocycles. The second-order valence-corrected chi connectivity index (χ2v) is 5.98. The monoisotopic (exact) mass is 222 g/mol. The third-order valence-corrected chi connectivity index (χ3v) is 3.36. The highest BCUT2D eigenvalue weighted by atomic mass is 28.2. The minimum Gasteiger partial charge on any atom is -0.490 e. The predicted molar refractivity (Wildman–Crippen MR) is 65.6 cm³/mol. The Morgan fingerprint density at radius 1 is 1.40 bits per heavy atom. The second kappa shape index (κ2) is 5.71. The maximum absolute atomic E-state index is 11.8. The summed E-state index contributed by atoms with van der Waals surface area (Å²) < 4.78 is 5.61. The van der Waals surface area contributed by atoms with Gasteiger partial charge in [-0.3, -0.25) is 0 Å². The fourth-order valence-electron chi connectivity index (χ4n) is 1.42. The molecular weight excluding hydrogens is 204 g/mol. The highest BCUT2D eigenvalue weighted by molar-refractivity contribution is 6.77. The molecule has 1 aromatic rings. The third kappa shape index (κ3) is 3.51. The smallest absolute Gasteiger partial charge is 0.136 e. The van der Waals surface area contributed by atoms with Gasteiger partial charge in [-0.1, -0.05) is 25.1 Å². The number of ether oxygens (including phenoxy) is 1. The molecule has 0 heterocycles. The van der Waals surface area contributed by atoms with E-state index in [1.807, 2.05) is 38.1 Å². The van der Waals surface area contributed by atoms with Crippen LogP contribution in [0.2, 0.25) is 6.04 Å². The molecule has 3 heteroatoms. The molecule has 0 bridgehead atoms. The number of hydrogen-bond acceptors (Lipinski definition) is 2. The lowest BCUT2D eigenvalue weighted by Crippen LogP contribution is -2.13. The molecule has 0 unspecified atom stereocenters. The highest BCUT2D eigenvalue weighted by Gasteiger charge is 2.11. The lowest BCUT2D eigenvalue weighted by Gasteiger charge is -2.13. The summed E-state index contributed by atoms with van der Waals surface area (Å²) in [6, 6.07) is 8.54. The Labute approximate surface area is 93.5 Å². The molecule has 0 fully saturated rings. The lowest BCUT2D eigenvalue weighted by molar-refractivity contribution is 0.107. The van der Waals surface area contributed by atoms with Gasteiger partial charge in [-0.15, -0.1) is 0 Å². The fraction of sp³-hybridized carbons (Fsp3) is 0.417. The Kier molecular flexibility index (Phi) is 4.56. The van der Waals surface area contributed by atoms with Gasteiger partial charge in [0.15, 0.2) is 0 Å². The standard InChI is InChI=1S/C12H18O2Si/c1-4-15-12(13)10-7-5-6-8-11(10)14-9(2)3/h5-9H,4,15H2,1-3H3. The summed E-state index contributed by atoms with van der Waals surface area (Å²) in [7, 11) is -0.626. The minimum atomic E-state index is -0.626. The van der Waals surface area contributed by atoms with Crippen LogP contribution < -0.4 is 4.74 Å². The van der Waals surface area contributed by atoms with Crippen LogP contribution in [-0.2, 0) is 0 Å². The molecule has 0 saturated carbocycles. The van der Waals surface area contributed by atoms with Crippen LogP contribution in [0.5, 0.6) is 5.75 Å². The first-order valence-electron chi connectivity index (χ1n) is 5.44. The Bertz CT molecular complexity index is 334. The molecule has 0 amide bonds. The van der Waals surface area contributed by atoms with E-state index in [9.17, 15) is 4.79 Å². The average Bonchev–Trinajstić information content (AvgIpc) is 2.18. The van der Waals surface area contributed by atoms with Crippen LogP contribution >= 0.6 is 0 Å². The van der Waals surface area contributed by atoms with E-state index in [1.54, 1.807) is 0 Å². The van der Waals surface area contributed by atoms with Crippen molar-refractivity contribution in [3.8, 4) is 5.75 Å². The molecule has 0 atom stereocenters. The fourth-order valence-corrected chi connectivity index (χ4v) is 2.43. The molecule has 0 N–H and O–H groups in total. The summed E-state index contributed by atoms with van der Waals surface area (Å²) >= 11 is 0. The van der Waals surface area contributed by atoms with Crippen molar-refractivity contribution in [2.45, 2.75) is 32.9 Å². The first-order chi connectivity index (χ1) is 7.15. The quantitative estimate of drug-likeness (QED) is 0.714. The van der Waals surface area contributed by atoms with Gasteiger partial charge in [-0.25, -0.2) is 0 Å². The predicted octanol–water partition coefficient (Wildman–Crippen LogP) is 2.22. The number of carbonyl (C=O) groups is 1. The van der Waals surface area contributed by atoms with Gasteiger partial charge in [0.25, 0.3) is 0 Å². The normalized spacial score (nSPS) is 11.2. The van der Waals surface area contributed by atoms with Gasteiger partial charge in [-0.05, 0) is 26.0 Å². The first kappa shape index (κ1) is 12.0. The van der Waals surface area contributed by atoms with Crippen LogP contribution in [-0.4, -0.2) is 21.0 Å². The van der Waals surface area contributed by atoms with Crippen molar-refractivity contribution < 1.29 is 9.53 Å². The van der Waals surface area contributed by atoms with Crippen molar-refractivity contribution >= 4 is 14.9 Å². The highest BCUT2D eigenvalue weighted by Crippen LogP contribution is 2.19. The molecule has 0 spiro atoms. The summed E-state index contributed by atoms with van der Waals surface area (Å²) in [5.74, 6) is 0.735. The molecule has 2 nitrogen and oxygen atoms in total. The largest absolute Gasteiger partial charge is 0.490 e. The number of rotatable bonds is 5. The number of benzene rings is 1. The zero-order valence-corrected chi connectivity index (χ0v) is 11.0. The van der Waals surface area contributed by atoms with Crippen molar-refractivity contribution in [2.75, 3.05) is 0 Å². The van der Waals surface area contributed by atoms with E-state index in [4.69, 9.17) is 4.74 Å². The van der Waals surface area contributed by atoms with Crippen molar-refractivity contribution in [1.29, 1.82) is 0 Å². The summed E-state index contributed by atoms with van der Waals surface area (Å²) in [5.41, 5.74) is 0.764. The summed E-state index contributed by atoms with van der Waals surface area (Å²) in [6.07, 6.45) is 0.113. The van der Waals surface area contributed by atoms with Crippen LogP contribution in [0.25, 0.3) is 0 Å². The van der Waals surface area contributed by atoms with E-state index in [2.05, 4.69) is 6.92 Å². The maximum atomic E-state index is 11.8. The second-order valence-electron chi connectivity index (χ2n) is 3.84. The van der Waals surface area contributed by atoms with Crippen LogP contribution in [0, 0.1) is 0 Å². The summed E-state index contributed by atoms with van der Waals surface area (Å²) in [6.45, 7) is 6.01. The van der Waals surface area contributed by atoms with E-state index < -0.39 is 9.52 Å². The molecule has 82 valence electrons. The minimum absolute atomic E-state index is 0.113. The molecule has 0 radical (unpaired) electrons. The van der Waals surface area contributed by atoms with Crippen molar-refractivity contribution in [3.63, 3.8) is 0 Å². The Hall–Kier alpha value is -1.09. The molecule has 0 aliphatic rings. The van der Waals surface area contributed by atoms with Crippen molar-refractivity contribution in [2.24, 2.45) is 0 Å². The SMILES string of the molecule is CC[SiH2]C(=O)c1ccccc1OC(C)C. The third-order valence-electron chi connectivity index (χ3n) is 2.03. The summed E-state index contributed by atoms with van der Waals surface area (Å²) in [4.78, 5) is 11.8. The van der Waals surface area contributed by atoms with Crippen LogP contribution in [0.1, 0.15) is 31.1 Å². The Balaban J connectivity index is 2.90. The number of hydrogen-bond donors (Lipinski definition) is 0.